The summed E-state index contributed by atoms with van der Waals surface area (Å²) in [5.41, 5.74) is 0.585. The van der Waals surface area contributed by atoms with Crippen LogP contribution in [-0.2, 0) is 6.54 Å². The maximum absolute atomic E-state index is 13.9. The van der Waals surface area contributed by atoms with E-state index in [4.69, 9.17) is 4.74 Å². The summed E-state index contributed by atoms with van der Waals surface area (Å²) in [6.45, 7) is 2.59. The molecule has 0 aromatic heterocycles. The highest BCUT2D eigenvalue weighted by Gasteiger charge is 2.23. The normalized spacial score (nSPS) is 23.4. The second-order valence-corrected chi connectivity index (χ2v) is 5.43. The van der Waals surface area contributed by atoms with Crippen LogP contribution in [0.1, 0.15) is 38.2 Å². The number of ether oxygens (including phenoxy) is 1. The molecule has 1 aliphatic carbocycles. The summed E-state index contributed by atoms with van der Waals surface area (Å²) in [4.78, 5) is 0. The van der Waals surface area contributed by atoms with Gasteiger partial charge in [0.25, 0.3) is 0 Å². The van der Waals surface area contributed by atoms with Crippen molar-refractivity contribution in [1.29, 1.82) is 0 Å². The molecule has 1 aromatic carbocycles. The van der Waals surface area contributed by atoms with E-state index >= 15 is 0 Å². The minimum Gasteiger partial charge on any atom is -0.484 e. The van der Waals surface area contributed by atoms with E-state index in [0.29, 0.717) is 18.0 Å². The lowest BCUT2D eigenvalue weighted by Crippen LogP contribution is -2.25. The van der Waals surface area contributed by atoms with Gasteiger partial charge in [-0.25, -0.2) is 8.78 Å². The molecule has 2 rings (SSSR count). The zero-order chi connectivity index (χ0) is 13.8. The number of benzene rings is 1. The van der Waals surface area contributed by atoms with Crippen molar-refractivity contribution in [3.05, 3.63) is 29.3 Å². The average Bonchev–Trinajstić information content (AvgIpc) is 2.34. The molecule has 1 fully saturated rings. The number of hydrogen-bond acceptors (Lipinski definition) is 2. The molecule has 106 valence electrons. The Labute approximate surface area is 113 Å². The van der Waals surface area contributed by atoms with Crippen molar-refractivity contribution in [2.75, 3.05) is 7.05 Å². The Morgan fingerprint density at radius 2 is 1.95 bits per heavy atom. The maximum Gasteiger partial charge on any atom is 0.191 e. The molecule has 19 heavy (non-hydrogen) atoms. The summed E-state index contributed by atoms with van der Waals surface area (Å²) in [5, 5.41) is 2.87. The minimum atomic E-state index is -0.608. The lowest BCUT2D eigenvalue weighted by Gasteiger charge is -2.27. The van der Waals surface area contributed by atoms with E-state index in [9.17, 15) is 8.78 Å². The molecule has 2 atom stereocenters. The molecule has 1 N–H and O–H groups in total. The Kier molecular flexibility index (Phi) is 4.75. The Morgan fingerprint density at radius 1 is 1.26 bits per heavy atom. The molecule has 1 saturated carbocycles. The van der Waals surface area contributed by atoms with Crippen LogP contribution >= 0.6 is 0 Å². The smallest absolute Gasteiger partial charge is 0.191 e. The van der Waals surface area contributed by atoms with E-state index < -0.39 is 11.6 Å². The molecule has 4 heteroatoms. The highest BCUT2D eigenvalue weighted by atomic mass is 19.1. The van der Waals surface area contributed by atoms with Crippen molar-refractivity contribution in [2.24, 2.45) is 5.92 Å². The molecular weight excluding hydrogens is 248 g/mol. The average molecular weight is 269 g/mol. The Hall–Kier alpha value is -1.16. The highest BCUT2D eigenvalue weighted by molar-refractivity contribution is 5.31. The lowest BCUT2D eigenvalue weighted by atomic mass is 9.89. The van der Waals surface area contributed by atoms with Crippen LogP contribution in [-0.4, -0.2) is 13.2 Å². The summed E-state index contributed by atoms with van der Waals surface area (Å²) >= 11 is 0. The minimum absolute atomic E-state index is 0.0668. The van der Waals surface area contributed by atoms with Crippen LogP contribution in [0.25, 0.3) is 0 Å². The van der Waals surface area contributed by atoms with Crippen LogP contribution in [0.15, 0.2) is 12.1 Å². The van der Waals surface area contributed by atoms with Gasteiger partial charge in [-0.3, -0.25) is 0 Å². The van der Waals surface area contributed by atoms with Gasteiger partial charge in [0.1, 0.15) is 0 Å². The molecule has 0 spiro atoms. The summed E-state index contributed by atoms with van der Waals surface area (Å²) in [7, 11) is 1.74. The zero-order valence-electron chi connectivity index (χ0n) is 11.5. The first-order valence-corrected chi connectivity index (χ1v) is 6.89. The van der Waals surface area contributed by atoms with Crippen molar-refractivity contribution in [1.82, 2.24) is 5.32 Å². The predicted molar refractivity (Wildman–Crippen MR) is 71.2 cm³/mol. The van der Waals surface area contributed by atoms with Gasteiger partial charge in [0.15, 0.2) is 17.4 Å². The first-order chi connectivity index (χ1) is 9.10. The molecule has 0 bridgehead atoms. The molecule has 0 aliphatic heterocycles. The van der Waals surface area contributed by atoms with Gasteiger partial charge in [0.05, 0.1) is 6.10 Å². The second-order valence-electron chi connectivity index (χ2n) is 5.43. The van der Waals surface area contributed by atoms with Crippen LogP contribution in [0.3, 0.4) is 0 Å². The highest BCUT2D eigenvalue weighted by Crippen LogP contribution is 2.30. The quantitative estimate of drug-likeness (QED) is 0.901. The van der Waals surface area contributed by atoms with Crippen LogP contribution < -0.4 is 10.1 Å². The van der Waals surface area contributed by atoms with E-state index in [0.717, 1.165) is 19.3 Å². The van der Waals surface area contributed by atoms with E-state index in [1.54, 1.807) is 7.05 Å². The molecule has 0 amide bonds. The van der Waals surface area contributed by atoms with Gasteiger partial charge in [-0.15, -0.1) is 0 Å². The van der Waals surface area contributed by atoms with Crippen LogP contribution in [0, 0.1) is 17.6 Å². The van der Waals surface area contributed by atoms with Crippen molar-refractivity contribution >= 4 is 0 Å². The Balaban J connectivity index is 2.11. The van der Waals surface area contributed by atoms with Crippen LogP contribution in [0.5, 0.6) is 5.75 Å². The molecular formula is C15H21F2NO. The van der Waals surface area contributed by atoms with E-state index in [1.165, 1.54) is 18.6 Å². The molecule has 0 heterocycles. The van der Waals surface area contributed by atoms with Gasteiger partial charge in [-0.1, -0.05) is 13.3 Å². The van der Waals surface area contributed by atoms with Gasteiger partial charge >= 0.3 is 0 Å². The standard InChI is InChI=1S/C15H21F2NO/c1-10-4-3-5-12(6-10)19-15-13(16)7-11(9-18-2)8-14(15)17/h7-8,10,12,18H,3-6,9H2,1-2H3. The van der Waals surface area contributed by atoms with Crippen LogP contribution in [0.4, 0.5) is 8.78 Å². The Bertz CT molecular complexity index is 413. The third kappa shape index (κ3) is 3.66. The fraction of sp³-hybridized carbons (Fsp3) is 0.600. The van der Waals surface area contributed by atoms with E-state index in [1.807, 2.05) is 0 Å². The van der Waals surface area contributed by atoms with Crippen molar-refractivity contribution in [3.63, 3.8) is 0 Å². The van der Waals surface area contributed by atoms with Gasteiger partial charge < -0.3 is 10.1 Å². The number of halogens is 2. The summed E-state index contributed by atoms with van der Waals surface area (Å²) in [6.07, 6.45) is 3.92. The maximum atomic E-state index is 13.9. The zero-order valence-corrected chi connectivity index (χ0v) is 11.5. The van der Waals surface area contributed by atoms with Crippen molar-refractivity contribution in [2.45, 2.75) is 45.3 Å². The van der Waals surface area contributed by atoms with Crippen molar-refractivity contribution < 1.29 is 13.5 Å². The fourth-order valence-electron chi connectivity index (χ4n) is 2.68. The van der Waals surface area contributed by atoms with E-state index in [-0.39, 0.29) is 11.9 Å². The third-order valence-electron chi connectivity index (χ3n) is 3.61. The molecule has 0 radical (unpaired) electrons. The predicted octanol–water partition coefficient (Wildman–Crippen LogP) is 3.64. The topological polar surface area (TPSA) is 21.3 Å². The monoisotopic (exact) mass is 269 g/mol. The number of nitrogens with one attached hydrogen (secondary N) is 1. The number of rotatable bonds is 4. The second kappa shape index (κ2) is 6.33. The lowest BCUT2D eigenvalue weighted by molar-refractivity contribution is 0.118. The summed E-state index contributed by atoms with van der Waals surface area (Å²) in [5.74, 6) is -0.876. The summed E-state index contributed by atoms with van der Waals surface area (Å²) < 4.78 is 33.3. The molecule has 2 nitrogen and oxygen atoms in total. The molecule has 1 aromatic rings. The third-order valence-corrected chi connectivity index (χ3v) is 3.61. The largest absolute Gasteiger partial charge is 0.484 e. The van der Waals surface area contributed by atoms with Gasteiger partial charge in [-0.2, -0.15) is 0 Å². The first kappa shape index (κ1) is 14.3. The van der Waals surface area contributed by atoms with E-state index in [2.05, 4.69) is 12.2 Å². The SMILES string of the molecule is CNCc1cc(F)c(OC2CCCC(C)C2)c(F)c1. The molecule has 2 unspecified atom stereocenters. The van der Waals surface area contributed by atoms with Gasteiger partial charge in [0.2, 0.25) is 0 Å². The molecule has 1 aliphatic rings. The van der Waals surface area contributed by atoms with Gasteiger partial charge in [-0.05, 0) is 49.9 Å². The number of hydrogen-bond donors (Lipinski definition) is 1. The fourth-order valence-corrected chi connectivity index (χ4v) is 2.68. The summed E-state index contributed by atoms with van der Waals surface area (Å²) in [6, 6.07) is 2.67. The van der Waals surface area contributed by atoms with Gasteiger partial charge in [0, 0.05) is 6.54 Å². The molecule has 0 saturated heterocycles. The first-order valence-electron chi connectivity index (χ1n) is 6.89. The van der Waals surface area contributed by atoms with Crippen molar-refractivity contribution in [3.8, 4) is 5.75 Å². The Morgan fingerprint density at radius 3 is 2.53 bits per heavy atom. The van der Waals surface area contributed by atoms with Crippen LogP contribution in [0.2, 0.25) is 0 Å².